The summed E-state index contributed by atoms with van der Waals surface area (Å²) in [5, 5.41) is 2.85. The van der Waals surface area contributed by atoms with Gasteiger partial charge in [0.1, 0.15) is 0 Å². The van der Waals surface area contributed by atoms with Crippen LogP contribution >= 0.6 is 0 Å². The first-order chi connectivity index (χ1) is 8.13. The quantitative estimate of drug-likeness (QED) is 0.718. The second-order valence-electron chi connectivity index (χ2n) is 4.34. The zero-order valence-corrected chi connectivity index (χ0v) is 10.6. The Bertz CT molecular complexity index is 363. The molecule has 0 atom stereocenters. The highest BCUT2D eigenvalue weighted by Crippen LogP contribution is 2.07. The van der Waals surface area contributed by atoms with Crippen LogP contribution in [0, 0.1) is 0 Å². The summed E-state index contributed by atoms with van der Waals surface area (Å²) in [5.74, 6) is -0.0287. The van der Waals surface area contributed by atoms with Crippen LogP contribution in [-0.2, 0) is 6.54 Å². The lowest BCUT2D eigenvalue weighted by Gasteiger charge is -2.11. The average molecular weight is 235 g/mol. The van der Waals surface area contributed by atoms with Crippen LogP contribution in [0.1, 0.15) is 22.3 Å². The lowest BCUT2D eigenvalue weighted by molar-refractivity contribution is 0.0953. The Hall–Kier alpha value is -1.39. The summed E-state index contributed by atoms with van der Waals surface area (Å²) < 4.78 is 0. The summed E-state index contributed by atoms with van der Waals surface area (Å²) in [4.78, 5) is 13.9. The van der Waals surface area contributed by atoms with Gasteiger partial charge in [-0.1, -0.05) is 12.1 Å². The number of carbonyl (C=O) groups is 1. The van der Waals surface area contributed by atoms with E-state index in [4.69, 9.17) is 5.73 Å². The van der Waals surface area contributed by atoms with E-state index in [1.165, 1.54) is 0 Å². The van der Waals surface area contributed by atoms with Crippen molar-refractivity contribution in [2.75, 3.05) is 27.2 Å². The maximum Gasteiger partial charge on any atom is 0.251 e. The third kappa shape index (κ3) is 4.97. The molecule has 1 aromatic carbocycles. The first-order valence-electron chi connectivity index (χ1n) is 5.85. The molecule has 0 spiro atoms. The minimum atomic E-state index is -0.0287. The van der Waals surface area contributed by atoms with E-state index in [0.717, 1.165) is 18.5 Å². The van der Waals surface area contributed by atoms with E-state index in [0.29, 0.717) is 18.7 Å². The number of rotatable bonds is 6. The number of nitrogens with one attached hydrogen (secondary N) is 1. The number of amides is 1. The van der Waals surface area contributed by atoms with E-state index in [-0.39, 0.29) is 5.91 Å². The van der Waals surface area contributed by atoms with E-state index >= 15 is 0 Å². The number of nitrogens with two attached hydrogens (primary N) is 1. The molecule has 0 aliphatic carbocycles. The van der Waals surface area contributed by atoms with Crippen molar-refractivity contribution in [3.63, 3.8) is 0 Å². The van der Waals surface area contributed by atoms with Gasteiger partial charge in [-0.25, -0.2) is 0 Å². The van der Waals surface area contributed by atoms with Crippen LogP contribution in [0.5, 0.6) is 0 Å². The van der Waals surface area contributed by atoms with E-state index in [1.54, 1.807) is 0 Å². The fraction of sp³-hybridized carbons (Fsp3) is 0.462. The van der Waals surface area contributed by atoms with Crippen molar-refractivity contribution in [3.8, 4) is 0 Å². The van der Waals surface area contributed by atoms with Crippen molar-refractivity contribution < 1.29 is 4.79 Å². The van der Waals surface area contributed by atoms with Gasteiger partial charge in [-0.15, -0.1) is 0 Å². The molecule has 0 saturated carbocycles. The molecule has 0 bridgehead atoms. The van der Waals surface area contributed by atoms with Gasteiger partial charge in [-0.05, 0) is 44.8 Å². The largest absolute Gasteiger partial charge is 0.352 e. The summed E-state index contributed by atoms with van der Waals surface area (Å²) >= 11 is 0. The molecule has 0 heterocycles. The van der Waals surface area contributed by atoms with Gasteiger partial charge in [-0.3, -0.25) is 4.79 Å². The van der Waals surface area contributed by atoms with Gasteiger partial charge in [0.05, 0.1) is 0 Å². The van der Waals surface area contributed by atoms with Gasteiger partial charge in [0.15, 0.2) is 0 Å². The molecule has 4 heteroatoms. The smallest absolute Gasteiger partial charge is 0.251 e. The molecule has 0 aliphatic rings. The third-order valence-electron chi connectivity index (χ3n) is 2.35. The Kier molecular flexibility index (Phi) is 5.66. The van der Waals surface area contributed by atoms with E-state index in [1.807, 2.05) is 38.4 Å². The van der Waals surface area contributed by atoms with Crippen LogP contribution in [-0.4, -0.2) is 38.0 Å². The third-order valence-corrected chi connectivity index (χ3v) is 2.35. The van der Waals surface area contributed by atoms with E-state index in [9.17, 15) is 4.79 Å². The molecule has 1 aromatic rings. The molecule has 3 N–H and O–H groups in total. The maximum atomic E-state index is 11.8. The average Bonchev–Trinajstić information content (AvgIpc) is 2.28. The normalized spacial score (nSPS) is 10.6. The zero-order chi connectivity index (χ0) is 12.7. The molecule has 94 valence electrons. The molecule has 0 saturated heterocycles. The Morgan fingerprint density at radius 1 is 1.41 bits per heavy atom. The van der Waals surface area contributed by atoms with Gasteiger partial charge in [0.25, 0.3) is 5.91 Å². The van der Waals surface area contributed by atoms with Crippen LogP contribution in [0.15, 0.2) is 24.3 Å². The van der Waals surface area contributed by atoms with Crippen LogP contribution < -0.4 is 11.1 Å². The fourth-order valence-corrected chi connectivity index (χ4v) is 1.58. The summed E-state index contributed by atoms with van der Waals surface area (Å²) in [5.41, 5.74) is 7.23. The minimum absolute atomic E-state index is 0.0287. The molecular weight excluding hydrogens is 214 g/mol. The Morgan fingerprint density at radius 2 is 2.18 bits per heavy atom. The Morgan fingerprint density at radius 3 is 2.82 bits per heavy atom. The topological polar surface area (TPSA) is 58.4 Å². The van der Waals surface area contributed by atoms with Crippen LogP contribution in [0.3, 0.4) is 0 Å². The number of carbonyl (C=O) groups excluding carboxylic acids is 1. The van der Waals surface area contributed by atoms with Gasteiger partial charge >= 0.3 is 0 Å². The molecule has 4 nitrogen and oxygen atoms in total. The Labute approximate surface area is 103 Å². The number of benzene rings is 1. The van der Waals surface area contributed by atoms with Gasteiger partial charge in [0, 0.05) is 18.7 Å². The highest BCUT2D eigenvalue weighted by molar-refractivity contribution is 5.94. The molecule has 17 heavy (non-hydrogen) atoms. The highest BCUT2D eigenvalue weighted by Gasteiger charge is 2.05. The van der Waals surface area contributed by atoms with Crippen LogP contribution in [0.25, 0.3) is 0 Å². The second kappa shape index (κ2) is 7.04. The number of nitrogens with zero attached hydrogens (tertiary/aromatic N) is 1. The van der Waals surface area contributed by atoms with Gasteiger partial charge in [0.2, 0.25) is 0 Å². The molecule has 0 unspecified atom stereocenters. The predicted molar refractivity (Wildman–Crippen MR) is 69.8 cm³/mol. The van der Waals surface area contributed by atoms with Crippen molar-refractivity contribution in [1.82, 2.24) is 10.2 Å². The van der Waals surface area contributed by atoms with Crippen molar-refractivity contribution in [2.45, 2.75) is 13.0 Å². The molecule has 0 aliphatic heterocycles. The van der Waals surface area contributed by atoms with E-state index in [2.05, 4.69) is 10.2 Å². The lowest BCUT2D eigenvalue weighted by atomic mass is 10.1. The van der Waals surface area contributed by atoms with Crippen LogP contribution in [0.4, 0.5) is 0 Å². The van der Waals surface area contributed by atoms with Gasteiger partial charge in [-0.2, -0.15) is 0 Å². The zero-order valence-electron chi connectivity index (χ0n) is 10.6. The summed E-state index contributed by atoms with van der Waals surface area (Å²) in [6.45, 7) is 2.07. The number of hydrogen-bond donors (Lipinski definition) is 2. The molecule has 1 amide bonds. The monoisotopic (exact) mass is 235 g/mol. The summed E-state index contributed by atoms with van der Waals surface area (Å²) in [6, 6.07) is 7.70. The van der Waals surface area contributed by atoms with Crippen molar-refractivity contribution in [1.29, 1.82) is 0 Å². The van der Waals surface area contributed by atoms with Crippen molar-refractivity contribution in [2.24, 2.45) is 5.73 Å². The summed E-state index contributed by atoms with van der Waals surface area (Å²) in [7, 11) is 4.02. The van der Waals surface area contributed by atoms with Crippen LogP contribution in [0.2, 0.25) is 0 Å². The standard InChI is InChI=1S/C13H21N3O/c1-16(2)10-11-5-3-6-12(9-11)13(17)15-8-4-7-14/h3,5-6,9H,4,7-8,10,14H2,1-2H3,(H,15,17). The lowest BCUT2D eigenvalue weighted by Crippen LogP contribution is -2.26. The number of hydrogen-bond acceptors (Lipinski definition) is 3. The fourth-order valence-electron chi connectivity index (χ4n) is 1.58. The second-order valence-corrected chi connectivity index (χ2v) is 4.34. The SMILES string of the molecule is CN(C)Cc1cccc(C(=O)NCCCN)c1. The van der Waals surface area contributed by atoms with Crippen molar-refractivity contribution in [3.05, 3.63) is 35.4 Å². The molecule has 0 fully saturated rings. The maximum absolute atomic E-state index is 11.8. The Balaban J connectivity index is 2.60. The first kappa shape index (κ1) is 13.7. The minimum Gasteiger partial charge on any atom is -0.352 e. The first-order valence-corrected chi connectivity index (χ1v) is 5.85. The van der Waals surface area contributed by atoms with Crippen molar-refractivity contribution >= 4 is 5.91 Å². The molecule has 1 rings (SSSR count). The van der Waals surface area contributed by atoms with E-state index < -0.39 is 0 Å². The predicted octanol–water partition coefficient (Wildman–Crippen LogP) is 0.827. The highest BCUT2D eigenvalue weighted by atomic mass is 16.1. The molecule has 0 radical (unpaired) electrons. The summed E-state index contributed by atoms with van der Waals surface area (Å²) in [6.07, 6.45) is 0.809. The molecular formula is C13H21N3O. The molecule has 0 aromatic heterocycles. The van der Waals surface area contributed by atoms with Gasteiger partial charge < -0.3 is 16.0 Å².